The van der Waals surface area contributed by atoms with E-state index in [1.807, 2.05) is 13.8 Å². The Kier molecular flexibility index (Phi) is 5.08. The summed E-state index contributed by atoms with van der Waals surface area (Å²) in [5.74, 6) is 0.222. The van der Waals surface area contributed by atoms with Gasteiger partial charge in [-0.2, -0.15) is 0 Å². The van der Waals surface area contributed by atoms with Gasteiger partial charge in [-0.25, -0.2) is 4.79 Å². The molecule has 6 heteroatoms. The maximum Gasteiger partial charge on any atom is 0.326 e. The van der Waals surface area contributed by atoms with Gasteiger partial charge in [0.05, 0.1) is 6.04 Å². The van der Waals surface area contributed by atoms with Crippen molar-refractivity contribution >= 4 is 23.6 Å². The molecule has 1 amide bonds. The predicted molar refractivity (Wildman–Crippen MR) is 63.3 cm³/mol. The van der Waals surface area contributed by atoms with Crippen LogP contribution in [0, 0.1) is 5.92 Å². The molecule has 1 aliphatic rings. The summed E-state index contributed by atoms with van der Waals surface area (Å²) in [6.45, 7) is 3.74. The summed E-state index contributed by atoms with van der Waals surface area (Å²) in [6.07, 6.45) is 0.726. The number of carboxylic acids is 1. The number of carbonyl (C=O) groups is 2. The van der Waals surface area contributed by atoms with Gasteiger partial charge < -0.3 is 10.4 Å². The van der Waals surface area contributed by atoms with Crippen LogP contribution in [0.1, 0.15) is 20.3 Å². The fraction of sp³-hybridized carbons (Fsp3) is 0.800. The summed E-state index contributed by atoms with van der Waals surface area (Å²) < 4.78 is 0. The lowest BCUT2D eigenvalue weighted by molar-refractivity contribution is -0.143. The Hall–Kier alpha value is -0.750. The van der Waals surface area contributed by atoms with Crippen LogP contribution in [0.2, 0.25) is 0 Å². The molecule has 1 fully saturated rings. The van der Waals surface area contributed by atoms with Gasteiger partial charge in [0, 0.05) is 11.6 Å². The van der Waals surface area contributed by atoms with Crippen LogP contribution in [-0.4, -0.2) is 40.7 Å². The number of nitrogens with one attached hydrogen (secondary N) is 2. The van der Waals surface area contributed by atoms with Gasteiger partial charge >= 0.3 is 5.97 Å². The Balaban J connectivity index is 2.53. The number of hydrogen-bond acceptors (Lipinski definition) is 4. The van der Waals surface area contributed by atoms with E-state index in [1.165, 1.54) is 0 Å². The molecule has 0 aromatic heterocycles. The fourth-order valence-corrected chi connectivity index (χ4v) is 2.44. The van der Waals surface area contributed by atoms with Gasteiger partial charge in [-0.1, -0.05) is 20.3 Å². The SMILES string of the molecule is CC[C@H](C)[C@H](NC(=O)C1CSCN1)C(=O)O. The van der Waals surface area contributed by atoms with Crippen molar-refractivity contribution in [1.29, 1.82) is 0 Å². The number of carboxylic acid groups (broad SMARTS) is 1. The molecule has 0 saturated carbocycles. The van der Waals surface area contributed by atoms with Crippen molar-refractivity contribution in [3.8, 4) is 0 Å². The van der Waals surface area contributed by atoms with E-state index in [0.29, 0.717) is 5.75 Å². The van der Waals surface area contributed by atoms with E-state index < -0.39 is 12.0 Å². The first-order valence-corrected chi connectivity index (χ1v) is 6.56. The van der Waals surface area contributed by atoms with E-state index in [9.17, 15) is 9.59 Å². The summed E-state index contributed by atoms with van der Waals surface area (Å²) in [4.78, 5) is 22.7. The summed E-state index contributed by atoms with van der Waals surface area (Å²) in [6, 6.07) is -1.04. The second kappa shape index (κ2) is 6.10. The molecule has 0 aromatic carbocycles. The minimum absolute atomic E-state index is 0.0597. The van der Waals surface area contributed by atoms with Crippen molar-refractivity contribution in [1.82, 2.24) is 10.6 Å². The third-order valence-corrected chi connectivity index (χ3v) is 3.75. The minimum Gasteiger partial charge on any atom is -0.480 e. The Morgan fingerprint density at radius 1 is 1.62 bits per heavy atom. The van der Waals surface area contributed by atoms with Crippen molar-refractivity contribution in [2.45, 2.75) is 32.4 Å². The zero-order chi connectivity index (χ0) is 12.1. The van der Waals surface area contributed by atoms with Gasteiger partial charge in [-0.3, -0.25) is 10.1 Å². The first-order valence-electron chi connectivity index (χ1n) is 5.40. The number of thioether (sulfide) groups is 1. The van der Waals surface area contributed by atoms with Crippen LogP contribution >= 0.6 is 11.8 Å². The lowest BCUT2D eigenvalue weighted by atomic mass is 9.99. The molecule has 1 aliphatic heterocycles. The highest BCUT2D eigenvalue weighted by Gasteiger charge is 2.29. The lowest BCUT2D eigenvalue weighted by Crippen LogP contribution is -2.51. The second-order valence-corrected chi connectivity index (χ2v) is 5.01. The van der Waals surface area contributed by atoms with Crippen LogP contribution in [0.5, 0.6) is 0 Å². The Morgan fingerprint density at radius 3 is 2.75 bits per heavy atom. The average molecular weight is 246 g/mol. The smallest absolute Gasteiger partial charge is 0.326 e. The van der Waals surface area contributed by atoms with Crippen molar-refractivity contribution in [2.24, 2.45) is 5.92 Å². The number of hydrogen-bond donors (Lipinski definition) is 3. The van der Waals surface area contributed by atoms with E-state index in [0.717, 1.165) is 12.3 Å². The minimum atomic E-state index is -0.964. The Labute approximate surface area is 99.4 Å². The molecule has 0 bridgehead atoms. The molecule has 1 unspecified atom stereocenters. The molecule has 0 spiro atoms. The van der Waals surface area contributed by atoms with Crippen LogP contribution in [0.25, 0.3) is 0 Å². The van der Waals surface area contributed by atoms with E-state index >= 15 is 0 Å². The first kappa shape index (κ1) is 13.3. The quantitative estimate of drug-likeness (QED) is 0.649. The highest BCUT2D eigenvalue weighted by molar-refractivity contribution is 7.99. The highest BCUT2D eigenvalue weighted by Crippen LogP contribution is 2.12. The summed E-state index contributed by atoms with van der Waals surface area (Å²) >= 11 is 1.64. The molecule has 5 nitrogen and oxygen atoms in total. The Bertz CT molecular complexity index is 267. The van der Waals surface area contributed by atoms with Gasteiger partial charge in [-0.05, 0) is 5.92 Å². The number of aliphatic carboxylic acids is 1. The van der Waals surface area contributed by atoms with Crippen LogP contribution in [-0.2, 0) is 9.59 Å². The Morgan fingerprint density at radius 2 is 2.31 bits per heavy atom. The van der Waals surface area contributed by atoms with Crippen molar-refractivity contribution in [3.05, 3.63) is 0 Å². The molecule has 0 aromatic rings. The summed E-state index contributed by atoms with van der Waals surface area (Å²) in [7, 11) is 0. The van der Waals surface area contributed by atoms with Crippen LogP contribution in [0.15, 0.2) is 0 Å². The molecule has 3 atom stereocenters. The second-order valence-electron chi connectivity index (χ2n) is 3.98. The number of carbonyl (C=O) groups excluding carboxylic acids is 1. The number of rotatable bonds is 5. The van der Waals surface area contributed by atoms with Crippen molar-refractivity contribution < 1.29 is 14.7 Å². The highest BCUT2D eigenvalue weighted by atomic mass is 32.2. The third-order valence-electron chi connectivity index (χ3n) is 2.81. The molecule has 16 heavy (non-hydrogen) atoms. The molecule has 1 heterocycles. The largest absolute Gasteiger partial charge is 0.480 e. The summed E-state index contributed by atoms with van der Waals surface area (Å²) in [5, 5.41) is 14.6. The fourth-order valence-electron chi connectivity index (χ4n) is 1.50. The van der Waals surface area contributed by atoms with Gasteiger partial charge in [-0.15, -0.1) is 11.8 Å². The lowest BCUT2D eigenvalue weighted by Gasteiger charge is -2.21. The van der Waals surface area contributed by atoms with E-state index in [2.05, 4.69) is 10.6 Å². The van der Waals surface area contributed by atoms with Crippen LogP contribution in [0.4, 0.5) is 0 Å². The van der Waals surface area contributed by atoms with Gasteiger partial charge in [0.1, 0.15) is 6.04 Å². The van der Waals surface area contributed by atoms with Crippen molar-refractivity contribution in [2.75, 3.05) is 11.6 Å². The molecular formula is C10H18N2O3S. The first-order chi connectivity index (χ1) is 7.56. The van der Waals surface area contributed by atoms with Crippen LogP contribution in [0.3, 0.4) is 0 Å². The van der Waals surface area contributed by atoms with E-state index in [4.69, 9.17) is 5.11 Å². The number of amides is 1. The molecule has 0 aliphatic carbocycles. The van der Waals surface area contributed by atoms with Gasteiger partial charge in [0.25, 0.3) is 0 Å². The van der Waals surface area contributed by atoms with Crippen LogP contribution < -0.4 is 10.6 Å². The molecule has 92 valence electrons. The van der Waals surface area contributed by atoms with Gasteiger partial charge in [0.2, 0.25) is 5.91 Å². The predicted octanol–water partition coefficient (Wildman–Crippen LogP) is 0.264. The average Bonchev–Trinajstić information content (AvgIpc) is 2.77. The maximum atomic E-state index is 11.7. The molecule has 3 N–H and O–H groups in total. The maximum absolute atomic E-state index is 11.7. The van der Waals surface area contributed by atoms with E-state index in [1.54, 1.807) is 11.8 Å². The topological polar surface area (TPSA) is 78.4 Å². The third kappa shape index (κ3) is 3.38. The summed E-state index contributed by atoms with van der Waals surface area (Å²) in [5.41, 5.74) is 0. The van der Waals surface area contributed by atoms with E-state index in [-0.39, 0.29) is 17.9 Å². The zero-order valence-corrected chi connectivity index (χ0v) is 10.3. The molecular weight excluding hydrogens is 228 g/mol. The monoisotopic (exact) mass is 246 g/mol. The normalized spacial score (nSPS) is 23.8. The van der Waals surface area contributed by atoms with Gasteiger partial charge in [0.15, 0.2) is 0 Å². The molecule has 0 radical (unpaired) electrons. The zero-order valence-electron chi connectivity index (χ0n) is 9.53. The molecule has 1 saturated heterocycles. The molecule has 1 rings (SSSR count). The standard InChI is InChI=1S/C10H18N2O3S/c1-3-6(2)8(10(14)15)12-9(13)7-4-16-5-11-7/h6-8,11H,3-5H2,1-2H3,(H,12,13)(H,14,15)/t6-,7?,8-/m0/s1. The van der Waals surface area contributed by atoms with Crippen molar-refractivity contribution in [3.63, 3.8) is 0 Å².